The van der Waals surface area contributed by atoms with Crippen molar-refractivity contribution in [2.45, 2.75) is 39.5 Å². The Morgan fingerprint density at radius 2 is 2.10 bits per heavy atom. The molecule has 0 amide bonds. The molecule has 10 heavy (non-hydrogen) atoms. The van der Waals surface area contributed by atoms with E-state index < -0.39 is 0 Å². The van der Waals surface area contributed by atoms with Crippen LogP contribution in [0.25, 0.3) is 0 Å². The maximum atomic E-state index is 2.39. The summed E-state index contributed by atoms with van der Waals surface area (Å²) in [5.74, 6) is 1.98. The van der Waals surface area contributed by atoms with Crippen molar-refractivity contribution in [3.63, 3.8) is 0 Å². The molecule has 56 valence electrons. The lowest BCUT2D eigenvalue weighted by Crippen LogP contribution is -2.25. The van der Waals surface area contributed by atoms with Gasteiger partial charge in [-0.25, -0.2) is 0 Å². The first-order valence-electron chi connectivity index (χ1n) is 4.53. The van der Waals surface area contributed by atoms with Crippen LogP contribution in [-0.4, -0.2) is 0 Å². The minimum atomic E-state index is 0.984. The van der Waals surface area contributed by atoms with Gasteiger partial charge in [0.15, 0.2) is 0 Å². The molecule has 0 heteroatoms. The van der Waals surface area contributed by atoms with E-state index in [4.69, 9.17) is 0 Å². The van der Waals surface area contributed by atoms with Crippen molar-refractivity contribution in [1.29, 1.82) is 0 Å². The average Bonchev–Trinajstić information content (AvgIpc) is 2.65. The van der Waals surface area contributed by atoms with E-state index in [-0.39, 0.29) is 0 Å². The van der Waals surface area contributed by atoms with Gasteiger partial charge in [0.05, 0.1) is 0 Å². The Morgan fingerprint density at radius 3 is 2.50 bits per heavy atom. The Morgan fingerprint density at radius 1 is 1.40 bits per heavy atom. The van der Waals surface area contributed by atoms with Gasteiger partial charge in [0.2, 0.25) is 0 Å². The molecule has 2 aliphatic carbocycles. The van der Waals surface area contributed by atoms with Gasteiger partial charge in [-0.3, -0.25) is 0 Å². The Balaban J connectivity index is 2.08. The third-order valence-corrected chi connectivity index (χ3v) is 3.07. The predicted octanol–water partition coefficient (Wildman–Crippen LogP) is 3.14. The highest BCUT2D eigenvalue weighted by Gasteiger charge is 2.35. The summed E-state index contributed by atoms with van der Waals surface area (Å²) in [4.78, 5) is 0. The Hall–Kier alpha value is -0.260. The van der Waals surface area contributed by atoms with Crippen LogP contribution >= 0.6 is 0 Å². The molecule has 2 fully saturated rings. The predicted molar refractivity (Wildman–Crippen MR) is 43.8 cm³/mol. The molecule has 0 spiro atoms. The maximum absolute atomic E-state index is 2.39. The quantitative estimate of drug-likeness (QED) is 0.486. The molecule has 0 aliphatic heterocycles. The molecule has 0 heterocycles. The van der Waals surface area contributed by atoms with Gasteiger partial charge in [0, 0.05) is 0 Å². The molecule has 0 bridgehead atoms. The number of hydrogen-bond donors (Lipinski definition) is 0. The van der Waals surface area contributed by atoms with E-state index in [9.17, 15) is 0 Å². The highest BCUT2D eigenvalue weighted by atomic mass is 14.4. The van der Waals surface area contributed by atoms with Gasteiger partial charge >= 0.3 is 0 Å². The molecule has 0 nitrogen and oxygen atoms in total. The number of hydrogen-bond acceptors (Lipinski definition) is 0. The molecular formula is C10H16. The summed E-state index contributed by atoms with van der Waals surface area (Å²) < 4.78 is 0. The van der Waals surface area contributed by atoms with Gasteiger partial charge in [0.25, 0.3) is 0 Å². The summed E-state index contributed by atoms with van der Waals surface area (Å²) in [5.41, 5.74) is 3.65. The average molecular weight is 136 g/mol. The Bertz CT molecular complexity index is 170. The van der Waals surface area contributed by atoms with Crippen LogP contribution in [0.2, 0.25) is 0 Å². The molecule has 0 aromatic heterocycles. The van der Waals surface area contributed by atoms with Crippen molar-refractivity contribution in [2.24, 2.45) is 11.8 Å². The second-order valence-corrected chi connectivity index (χ2v) is 3.82. The van der Waals surface area contributed by atoms with Gasteiger partial charge in [-0.05, 0) is 37.5 Å². The van der Waals surface area contributed by atoms with E-state index >= 15 is 0 Å². The molecule has 2 saturated carbocycles. The molecule has 2 rings (SSSR count). The van der Waals surface area contributed by atoms with Gasteiger partial charge < -0.3 is 0 Å². The van der Waals surface area contributed by atoms with E-state index in [0.717, 1.165) is 11.8 Å². The van der Waals surface area contributed by atoms with Gasteiger partial charge in [-0.15, -0.1) is 0 Å². The minimum absolute atomic E-state index is 0.984. The van der Waals surface area contributed by atoms with Crippen LogP contribution in [-0.2, 0) is 0 Å². The van der Waals surface area contributed by atoms with E-state index in [1.165, 1.54) is 25.7 Å². The third-order valence-electron chi connectivity index (χ3n) is 3.07. The van der Waals surface area contributed by atoms with E-state index in [2.05, 4.69) is 13.8 Å². The van der Waals surface area contributed by atoms with Crippen molar-refractivity contribution < 1.29 is 0 Å². The fourth-order valence-corrected chi connectivity index (χ4v) is 2.26. The first-order chi connectivity index (χ1) is 4.83. The van der Waals surface area contributed by atoms with Crippen molar-refractivity contribution in [2.75, 3.05) is 0 Å². The summed E-state index contributed by atoms with van der Waals surface area (Å²) in [6, 6.07) is 0. The van der Waals surface area contributed by atoms with Crippen LogP contribution in [0, 0.1) is 11.8 Å². The minimum Gasteiger partial charge on any atom is -0.0701 e. The summed E-state index contributed by atoms with van der Waals surface area (Å²) in [6.07, 6.45) is 5.66. The first-order valence-corrected chi connectivity index (χ1v) is 4.53. The van der Waals surface area contributed by atoms with Gasteiger partial charge in [-0.1, -0.05) is 25.0 Å². The molecule has 2 aliphatic rings. The summed E-state index contributed by atoms with van der Waals surface area (Å²) in [7, 11) is 0. The lowest BCUT2D eigenvalue weighted by Gasteiger charge is -2.37. The maximum Gasteiger partial charge on any atom is -0.0174 e. The van der Waals surface area contributed by atoms with Crippen molar-refractivity contribution in [1.82, 2.24) is 0 Å². The second kappa shape index (κ2) is 2.11. The fourth-order valence-electron chi connectivity index (χ4n) is 2.26. The number of rotatable bonds is 1. The number of allylic oxidation sites excluding steroid dienone is 2. The Kier molecular flexibility index (Phi) is 1.36. The lowest BCUT2D eigenvalue weighted by molar-refractivity contribution is 0.290. The third kappa shape index (κ3) is 0.817. The van der Waals surface area contributed by atoms with Crippen molar-refractivity contribution >= 4 is 0 Å². The van der Waals surface area contributed by atoms with Crippen LogP contribution in [0.5, 0.6) is 0 Å². The van der Waals surface area contributed by atoms with Crippen molar-refractivity contribution in [3.05, 3.63) is 11.1 Å². The largest absolute Gasteiger partial charge is 0.0701 e. The molecular weight excluding hydrogens is 120 g/mol. The monoisotopic (exact) mass is 136 g/mol. The molecule has 0 N–H and O–H groups in total. The first kappa shape index (κ1) is 6.45. The summed E-state index contributed by atoms with van der Waals surface area (Å²) in [5, 5.41) is 0. The van der Waals surface area contributed by atoms with Crippen LogP contribution in [0.15, 0.2) is 11.1 Å². The summed E-state index contributed by atoms with van der Waals surface area (Å²) in [6.45, 7) is 4.71. The highest BCUT2D eigenvalue weighted by Crippen LogP contribution is 2.49. The second-order valence-electron chi connectivity index (χ2n) is 3.82. The topological polar surface area (TPSA) is 0 Å². The standard InChI is InChI=1S/C10H16/c1-3-9-7(2)6-10(9)8-4-5-8/h7,9H,3-6H2,1-2H3. The molecule has 0 aromatic rings. The SMILES string of the molecule is CCC1C(=C2CC2)CC1C. The molecule has 0 saturated heterocycles. The zero-order valence-electron chi connectivity index (χ0n) is 6.98. The zero-order chi connectivity index (χ0) is 7.14. The van der Waals surface area contributed by atoms with E-state index in [1.54, 1.807) is 0 Å². The smallest absolute Gasteiger partial charge is 0.0174 e. The van der Waals surface area contributed by atoms with Crippen LogP contribution in [0.1, 0.15) is 39.5 Å². The molecule has 2 unspecified atom stereocenters. The Labute approximate surface area is 63.3 Å². The zero-order valence-corrected chi connectivity index (χ0v) is 6.98. The highest BCUT2D eigenvalue weighted by molar-refractivity contribution is 5.32. The van der Waals surface area contributed by atoms with E-state index in [1.807, 2.05) is 11.1 Å². The summed E-state index contributed by atoms with van der Waals surface area (Å²) >= 11 is 0. The molecule has 0 aromatic carbocycles. The molecule has 0 radical (unpaired) electrons. The van der Waals surface area contributed by atoms with Crippen LogP contribution < -0.4 is 0 Å². The molecule has 2 atom stereocenters. The van der Waals surface area contributed by atoms with E-state index in [0.29, 0.717) is 0 Å². The fraction of sp³-hybridized carbons (Fsp3) is 0.800. The normalized spacial score (nSPS) is 37.8. The van der Waals surface area contributed by atoms with Gasteiger partial charge in [0.1, 0.15) is 0 Å². The lowest BCUT2D eigenvalue weighted by atomic mass is 9.68. The van der Waals surface area contributed by atoms with Crippen molar-refractivity contribution in [3.8, 4) is 0 Å². The van der Waals surface area contributed by atoms with Gasteiger partial charge in [-0.2, -0.15) is 0 Å². The van der Waals surface area contributed by atoms with Crippen LogP contribution in [0.3, 0.4) is 0 Å². The van der Waals surface area contributed by atoms with Crippen LogP contribution in [0.4, 0.5) is 0 Å².